The Morgan fingerprint density at radius 3 is 1.38 bits per heavy atom. The van der Waals surface area contributed by atoms with E-state index in [4.69, 9.17) is 0 Å². The van der Waals surface area contributed by atoms with E-state index in [0.717, 1.165) is 0 Å². The molecular formula is C30H20BNS2. The summed E-state index contributed by atoms with van der Waals surface area (Å²) in [5.41, 5.74) is 7.83. The zero-order chi connectivity index (χ0) is 22.5. The van der Waals surface area contributed by atoms with Gasteiger partial charge in [0.15, 0.2) is 0 Å². The molecule has 7 rings (SSSR count). The van der Waals surface area contributed by atoms with Gasteiger partial charge in [0, 0.05) is 36.6 Å². The highest BCUT2D eigenvalue weighted by Gasteiger charge is 2.38. The number of hydrogen-bond donors (Lipinski definition) is 0. The first-order valence-corrected chi connectivity index (χ1v) is 13.1. The third kappa shape index (κ3) is 3.21. The minimum Gasteiger partial charge on any atom is -0.310 e. The van der Waals surface area contributed by atoms with Crippen LogP contribution in [0.2, 0.25) is 0 Å². The van der Waals surface area contributed by atoms with Crippen molar-refractivity contribution in [1.29, 1.82) is 0 Å². The van der Waals surface area contributed by atoms with Gasteiger partial charge in [-0.1, -0.05) is 107 Å². The lowest BCUT2D eigenvalue weighted by Gasteiger charge is -2.34. The van der Waals surface area contributed by atoms with Crippen molar-refractivity contribution in [2.24, 2.45) is 0 Å². The molecule has 0 aliphatic carbocycles. The molecule has 0 bridgehead atoms. The first kappa shape index (κ1) is 20.1. The number of hydrogen-bond acceptors (Lipinski definition) is 3. The molecule has 0 saturated heterocycles. The lowest BCUT2D eigenvalue weighted by Crippen LogP contribution is -2.58. The van der Waals surface area contributed by atoms with Crippen LogP contribution in [0.1, 0.15) is 0 Å². The average Bonchev–Trinajstić information content (AvgIpc) is 2.90. The molecule has 1 nitrogen and oxygen atoms in total. The second kappa shape index (κ2) is 8.16. The van der Waals surface area contributed by atoms with Crippen LogP contribution in [0.15, 0.2) is 141 Å². The summed E-state index contributed by atoms with van der Waals surface area (Å²) < 4.78 is 0. The molecule has 0 N–H and O–H groups in total. The van der Waals surface area contributed by atoms with Crippen LogP contribution in [-0.2, 0) is 0 Å². The summed E-state index contributed by atoms with van der Waals surface area (Å²) in [6, 6.07) is 43.9. The molecule has 5 aromatic rings. The van der Waals surface area contributed by atoms with Crippen LogP contribution in [0.25, 0.3) is 0 Å². The molecule has 0 radical (unpaired) electrons. The number of para-hydroxylation sites is 2. The van der Waals surface area contributed by atoms with E-state index in [1.807, 2.05) is 23.5 Å². The number of fused-ring (bicyclic) bond motifs is 4. The van der Waals surface area contributed by atoms with Gasteiger partial charge >= 0.3 is 0 Å². The third-order valence-electron chi connectivity index (χ3n) is 6.56. The van der Waals surface area contributed by atoms with E-state index in [0.29, 0.717) is 0 Å². The summed E-state index contributed by atoms with van der Waals surface area (Å²) in [6.07, 6.45) is 0. The minimum atomic E-state index is 0.288. The molecule has 2 aliphatic rings. The Balaban J connectivity index is 1.47. The molecule has 160 valence electrons. The van der Waals surface area contributed by atoms with Crippen molar-refractivity contribution in [2.45, 2.75) is 19.6 Å². The lowest BCUT2D eigenvalue weighted by molar-refractivity contribution is 1.23. The maximum atomic E-state index is 2.39. The zero-order valence-electron chi connectivity index (χ0n) is 18.4. The second-order valence-electron chi connectivity index (χ2n) is 8.58. The monoisotopic (exact) mass is 469 g/mol. The van der Waals surface area contributed by atoms with Crippen LogP contribution in [0, 0.1) is 0 Å². The van der Waals surface area contributed by atoms with E-state index in [1.54, 1.807) is 0 Å². The van der Waals surface area contributed by atoms with E-state index < -0.39 is 0 Å². The fourth-order valence-corrected chi connectivity index (χ4v) is 7.58. The molecule has 0 atom stereocenters. The minimum absolute atomic E-state index is 0.288. The summed E-state index contributed by atoms with van der Waals surface area (Å²) in [5.74, 6) is 0. The number of benzene rings is 5. The van der Waals surface area contributed by atoms with Gasteiger partial charge in [-0.2, -0.15) is 0 Å². The van der Waals surface area contributed by atoms with Gasteiger partial charge in [0.05, 0.1) is 0 Å². The quantitative estimate of drug-likeness (QED) is 0.269. The molecule has 0 unspecified atom stereocenters. The van der Waals surface area contributed by atoms with Crippen LogP contribution in [-0.4, -0.2) is 6.71 Å². The molecule has 4 heteroatoms. The Morgan fingerprint density at radius 1 is 0.441 bits per heavy atom. The van der Waals surface area contributed by atoms with Crippen LogP contribution in [0.4, 0.5) is 17.1 Å². The number of rotatable bonds is 3. The smallest absolute Gasteiger partial charge is 0.247 e. The van der Waals surface area contributed by atoms with Crippen molar-refractivity contribution in [3.05, 3.63) is 121 Å². The SMILES string of the molecule is c1ccc(N(c2ccccc2)c2cc3c4c(c2)Sc2ccccc2B4c2ccccc2S3)cc1. The van der Waals surface area contributed by atoms with Gasteiger partial charge in [0.2, 0.25) is 6.71 Å². The van der Waals surface area contributed by atoms with Gasteiger partial charge in [-0.25, -0.2) is 0 Å². The highest BCUT2D eigenvalue weighted by molar-refractivity contribution is 8.01. The summed E-state index contributed by atoms with van der Waals surface area (Å²) in [6.45, 7) is 0.288. The summed E-state index contributed by atoms with van der Waals surface area (Å²) in [5, 5.41) is 0. The standard InChI is InChI=1S/C30H20BNS2/c1-3-11-21(12-4-1)32(22-13-5-2-6-14-22)23-19-28-30-29(20-23)34-27-18-10-8-16-25(27)31(30)24-15-7-9-17-26(24)33-28/h1-20H. The Kier molecular flexibility index (Phi) is 4.82. The zero-order valence-corrected chi connectivity index (χ0v) is 20.0. The first-order valence-electron chi connectivity index (χ1n) is 11.5. The Morgan fingerprint density at radius 2 is 0.882 bits per heavy atom. The Labute approximate surface area is 208 Å². The molecule has 2 aliphatic heterocycles. The van der Waals surface area contributed by atoms with E-state index >= 15 is 0 Å². The largest absolute Gasteiger partial charge is 0.310 e. The van der Waals surface area contributed by atoms with Crippen molar-refractivity contribution < 1.29 is 0 Å². The second-order valence-corrected chi connectivity index (χ2v) is 10.7. The summed E-state index contributed by atoms with van der Waals surface area (Å²) in [4.78, 5) is 7.80. The maximum absolute atomic E-state index is 2.39. The predicted molar refractivity (Wildman–Crippen MR) is 147 cm³/mol. The van der Waals surface area contributed by atoms with Gasteiger partial charge in [-0.05, 0) is 54.0 Å². The molecule has 0 aromatic heterocycles. The first-order chi connectivity index (χ1) is 16.9. The van der Waals surface area contributed by atoms with E-state index in [9.17, 15) is 0 Å². The molecule has 34 heavy (non-hydrogen) atoms. The van der Waals surface area contributed by atoms with Gasteiger partial charge in [0.1, 0.15) is 0 Å². The molecule has 2 heterocycles. The Hall–Kier alpha value is -3.34. The predicted octanol–water partition coefficient (Wildman–Crippen LogP) is 6.60. The Bertz CT molecular complexity index is 1410. The van der Waals surface area contributed by atoms with Gasteiger partial charge in [-0.15, -0.1) is 0 Å². The maximum Gasteiger partial charge on any atom is 0.247 e. The number of nitrogens with zero attached hydrogens (tertiary/aromatic N) is 1. The molecular weight excluding hydrogens is 449 g/mol. The van der Waals surface area contributed by atoms with Crippen molar-refractivity contribution in [3.63, 3.8) is 0 Å². The van der Waals surface area contributed by atoms with Crippen molar-refractivity contribution in [1.82, 2.24) is 0 Å². The van der Waals surface area contributed by atoms with Crippen LogP contribution in [0.5, 0.6) is 0 Å². The lowest BCUT2D eigenvalue weighted by atomic mass is 9.36. The van der Waals surface area contributed by atoms with Crippen LogP contribution < -0.4 is 21.3 Å². The summed E-state index contributed by atoms with van der Waals surface area (Å²) in [7, 11) is 0. The fourth-order valence-electron chi connectivity index (χ4n) is 5.11. The average molecular weight is 469 g/mol. The van der Waals surface area contributed by atoms with E-state index in [1.165, 1.54) is 53.0 Å². The van der Waals surface area contributed by atoms with E-state index in [-0.39, 0.29) is 6.71 Å². The van der Waals surface area contributed by atoms with Crippen molar-refractivity contribution in [2.75, 3.05) is 4.90 Å². The highest BCUT2D eigenvalue weighted by atomic mass is 32.2. The molecule has 0 saturated carbocycles. The molecule has 0 amide bonds. The van der Waals surface area contributed by atoms with Crippen molar-refractivity contribution >= 4 is 63.7 Å². The van der Waals surface area contributed by atoms with Crippen LogP contribution in [0.3, 0.4) is 0 Å². The van der Waals surface area contributed by atoms with Gasteiger partial charge in [-0.3, -0.25) is 0 Å². The molecule has 0 fully saturated rings. The molecule has 0 spiro atoms. The topological polar surface area (TPSA) is 3.24 Å². The fraction of sp³-hybridized carbons (Fsp3) is 0. The van der Waals surface area contributed by atoms with E-state index in [2.05, 4.69) is 126 Å². The van der Waals surface area contributed by atoms with Gasteiger partial charge < -0.3 is 4.90 Å². The van der Waals surface area contributed by atoms with Gasteiger partial charge in [0.25, 0.3) is 0 Å². The number of anilines is 3. The normalized spacial score (nSPS) is 13.0. The highest BCUT2D eigenvalue weighted by Crippen LogP contribution is 2.43. The summed E-state index contributed by atoms with van der Waals surface area (Å²) >= 11 is 3.81. The van der Waals surface area contributed by atoms with Crippen LogP contribution >= 0.6 is 23.5 Å². The van der Waals surface area contributed by atoms with Crippen molar-refractivity contribution in [3.8, 4) is 0 Å². The third-order valence-corrected chi connectivity index (χ3v) is 8.86. The molecule has 5 aromatic carbocycles.